The van der Waals surface area contributed by atoms with Crippen molar-refractivity contribution < 1.29 is 13.7 Å². The number of piperidine rings is 1. The molecule has 1 aromatic carbocycles. The minimum absolute atomic E-state index is 0.0764. The highest BCUT2D eigenvalue weighted by Crippen LogP contribution is 2.40. The first kappa shape index (κ1) is 22.6. The van der Waals surface area contributed by atoms with E-state index in [1.807, 2.05) is 47.9 Å². The first-order chi connectivity index (χ1) is 17.2. The Morgan fingerprint density at radius 1 is 1.14 bits per heavy atom. The molecule has 3 aromatic rings. The summed E-state index contributed by atoms with van der Waals surface area (Å²) in [5, 5.41) is 4.98. The van der Waals surface area contributed by atoms with Crippen molar-refractivity contribution in [2.75, 3.05) is 45.9 Å². The summed E-state index contributed by atoms with van der Waals surface area (Å²) in [4.78, 5) is 22.8. The Kier molecular flexibility index (Phi) is 6.26. The van der Waals surface area contributed by atoms with Gasteiger partial charge in [0.25, 0.3) is 5.91 Å². The number of hydrogen-bond donors (Lipinski definition) is 0. The van der Waals surface area contributed by atoms with Gasteiger partial charge in [-0.05, 0) is 25.5 Å². The van der Waals surface area contributed by atoms with Gasteiger partial charge < -0.3 is 14.2 Å². The number of amides is 1. The van der Waals surface area contributed by atoms with Gasteiger partial charge in [-0.15, -0.1) is 0 Å². The molecule has 0 bridgehead atoms. The van der Waals surface area contributed by atoms with Gasteiger partial charge >= 0.3 is 0 Å². The van der Waals surface area contributed by atoms with E-state index < -0.39 is 10.8 Å². The third-order valence-electron chi connectivity index (χ3n) is 7.23. The fourth-order valence-electron chi connectivity index (χ4n) is 5.42. The summed E-state index contributed by atoms with van der Waals surface area (Å²) in [7, 11) is -1.19. The van der Waals surface area contributed by atoms with Crippen LogP contribution in [0.2, 0.25) is 0 Å². The molecule has 1 amide bonds. The number of fused-ring (bicyclic) bond motifs is 3. The molecule has 6 rings (SSSR count). The van der Waals surface area contributed by atoms with Gasteiger partial charge in [-0.2, -0.15) is 5.10 Å². The number of carbonyl (C=O) groups excluding carboxylic acids is 1. The molecular weight excluding hydrogens is 464 g/mol. The summed E-state index contributed by atoms with van der Waals surface area (Å²) in [5.74, 6) is 0.252. The molecule has 0 N–H and O–H groups in total. The van der Waals surface area contributed by atoms with Gasteiger partial charge in [-0.1, -0.05) is 18.2 Å². The lowest BCUT2D eigenvalue weighted by atomic mass is 10.0. The normalized spacial score (nSPS) is 22.6. The lowest BCUT2D eigenvalue weighted by molar-refractivity contribution is 0.0297. The average molecular weight is 495 g/mol. The van der Waals surface area contributed by atoms with Gasteiger partial charge in [-0.25, -0.2) is 4.98 Å². The van der Waals surface area contributed by atoms with E-state index in [1.54, 1.807) is 0 Å². The second kappa shape index (κ2) is 9.67. The van der Waals surface area contributed by atoms with Gasteiger partial charge in [0, 0.05) is 61.1 Å². The maximum Gasteiger partial charge on any atom is 0.274 e. The van der Waals surface area contributed by atoms with Crippen LogP contribution in [0.15, 0.2) is 47.9 Å². The molecule has 3 aliphatic heterocycles. The predicted octanol–water partition coefficient (Wildman–Crippen LogP) is 2.18. The highest BCUT2D eigenvalue weighted by atomic mass is 32.2. The molecule has 0 aliphatic carbocycles. The van der Waals surface area contributed by atoms with Crippen LogP contribution in [0, 0.1) is 0 Å². The van der Waals surface area contributed by atoms with E-state index in [-0.39, 0.29) is 11.9 Å². The van der Waals surface area contributed by atoms with Crippen molar-refractivity contribution in [2.24, 2.45) is 0 Å². The van der Waals surface area contributed by atoms with Crippen LogP contribution in [0.25, 0.3) is 11.3 Å². The van der Waals surface area contributed by atoms with E-state index in [4.69, 9.17) is 9.84 Å². The lowest BCUT2D eigenvalue weighted by Crippen LogP contribution is -2.41. The summed E-state index contributed by atoms with van der Waals surface area (Å²) in [5.41, 5.74) is 3.20. The Morgan fingerprint density at radius 2 is 2.00 bits per heavy atom. The van der Waals surface area contributed by atoms with Crippen molar-refractivity contribution in [3.63, 3.8) is 0 Å². The number of rotatable bonds is 5. The van der Waals surface area contributed by atoms with Crippen molar-refractivity contribution >= 4 is 16.7 Å². The topological polar surface area (TPSA) is 85.5 Å². The zero-order valence-corrected chi connectivity index (χ0v) is 20.5. The number of imidazole rings is 1. The van der Waals surface area contributed by atoms with E-state index in [0.29, 0.717) is 37.8 Å². The zero-order valence-electron chi connectivity index (χ0n) is 19.7. The molecule has 9 nitrogen and oxygen atoms in total. The van der Waals surface area contributed by atoms with Gasteiger partial charge in [0.1, 0.15) is 0 Å². The molecule has 2 saturated heterocycles. The molecule has 1 unspecified atom stereocenters. The monoisotopic (exact) mass is 494 g/mol. The van der Waals surface area contributed by atoms with Crippen LogP contribution in [-0.2, 0) is 27.8 Å². The van der Waals surface area contributed by atoms with Crippen LogP contribution >= 0.6 is 0 Å². The van der Waals surface area contributed by atoms with Crippen molar-refractivity contribution in [3.05, 3.63) is 54.2 Å². The van der Waals surface area contributed by atoms with Crippen LogP contribution in [0.1, 0.15) is 34.9 Å². The SMILES string of the molecule is O=C(c1nn([C@@H]2CCCN(CCn3ccnc3)C2)c2c1CS(=O)c1ccccc1-2)N1CCOCC1. The van der Waals surface area contributed by atoms with Crippen LogP contribution in [0.3, 0.4) is 0 Å². The Labute approximate surface area is 207 Å². The van der Waals surface area contributed by atoms with Gasteiger partial charge in [-0.3, -0.25) is 18.6 Å². The third-order valence-corrected chi connectivity index (χ3v) is 8.63. The Hall–Kier alpha value is -2.82. The summed E-state index contributed by atoms with van der Waals surface area (Å²) in [6, 6.07) is 8.02. The summed E-state index contributed by atoms with van der Waals surface area (Å²) >= 11 is 0. The van der Waals surface area contributed by atoms with Crippen LogP contribution < -0.4 is 0 Å². The summed E-state index contributed by atoms with van der Waals surface area (Å²) < 4.78 is 22.8. The van der Waals surface area contributed by atoms with Crippen molar-refractivity contribution in [3.8, 4) is 11.3 Å². The highest BCUT2D eigenvalue weighted by molar-refractivity contribution is 7.84. The third kappa shape index (κ3) is 4.34. The zero-order chi connectivity index (χ0) is 23.8. The Morgan fingerprint density at radius 3 is 2.83 bits per heavy atom. The maximum atomic E-state index is 13.6. The van der Waals surface area contributed by atoms with E-state index in [0.717, 1.165) is 60.7 Å². The van der Waals surface area contributed by atoms with Crippen molar-refractivity contribution in [1.82, 2.24) is 29.1 Å². The molecule has 0 spiro atoms. The largest absolute Gasteiger partial charge is 0.378 e. The fourth-order valence-corrected chi connectivity index (χ4v) is 6.75. The Balaban J connectivity index is 1.35. The number of likely N-dealkylation sites (tertiary alicyclic amines) is 1. The van der Waals surface area contributed by atoms with E-state index >= 15 is 0 Å². The predicted molar refractivity (Wildman–Crippen MR) is 131 cm³/mol. The molecule has 3 aliphatic rings. The molecule has 0 radical (unpaired) electrons. The fraction of sp³-hybridized carbons (Fsp3) is 0.480. The smallest absolute Gasteiger partial charge is 0.274 e. The number of carbonyl (C=O) groups is 1. The molecule has 2 atom stereocenters. The summed E-state index contributed by atoms with van der Waals surface area (Å²) in [6.07, 6.45) is 7.73. The quantitative estimate of drug-likeness (QED) is 0.541. The molecule has 10 heteroatoms. The van der Waals surface area contributed by atoms with E-state index in [2.05, 4.69) is 19.1 Å². The molecule has 0 saturated carbocycles. The number of morpholine rings is 1. The Bertz CT molecular complexity index is 1230. The van der Waals surface area contributed by atoms with Crippen LogP contribution in [0.4, 0.5) is 0 Å². The molecule has 5 heterocycles. The van der Waals surface area contributed by atoms with Gasteiger partial charge in [0.15, 0.2) is 5.69 Å². The minimum atomic E-state index is -1.19. The number of nitrogens with zero attached hydrogens (tertiary/aromatic N) is 6. The minimum Gasteiger partial charge on any atom is -0.378 e. The van der Waals surface area contributed by atoms with E-state index in [1.165, 1.54) is 0 Å². The number of ether oxygens (including phenoxy) is 1. The van der Waals surface area contributed by atoms with Crippen LogP contribution in [-0.4, -0.2) is 85.2 Å². The van der Waals surface area contributed by atoms with E-state index in [9.17, 15) is 9.00 Å². The van der Waals surface area contributed by atoms with Crippen molar-refractivity contribution in [1.29, 1.82) is 0 Å². The first-order valence-electron chi connectivity index (χ1n) is 12.3. The second-order valence-electron chi connectivity index (χ2n) is 9.41. The summed E-state index contributed by atoms with van der Waals surface area (Å²) in [6.45, 7) is 5.96. The highest BCUT2D eigenvalue weighted by Gasteiger charge is 2.36. The number of benzene rings is 1. The van der Waals surface area contributed by atoms with Gasteiger partial charge in [0.2, 0.25) is 0 Å². The number of hydrogen-bond acceptors (Lipinski definition) is 6. The maximum absolute atomic E-state index is 13.6. The second-order valence-corrected chi connectivity index (χ2v) is 10.8. The lowest BCUT2D eigenvalue weighted by Gasteiger charge is -2.34. The molecule has 35 heavy (non-hydrogen) atoms. The molecule has 2 fully saturated rings. The van der Waals surface area contributed by atoms with Crippen LogP contribution in [0.5, 0.6) is 0 Å². The molecule has 2 aromatic heterocycles. The average Bonchev–Trinajstić information content (AvgIpc) is 3.56. The van der Waals surface area contributed by atoms with Gasteiger partial charge in [0.05, 0.1) is 47.8 Å². The molecular formula is C25H30N6O3S. The number of aromatic nitrogens is 4. The standard InChI is InChI=1S/C25H30N6O3S/c32-25(30-12-14-34-15-13-30)23-21-17-35(33)22-6-2-1-5-20(22)24(21)31(27-23)19-4-3-8-28(16-19)10-11-29-9-7-26-18-29/h1-2,5-7,9,18-19H,3-4,8,10-17H2/t19-,35?/m1/s1. The van der Waals surface area contributed by atoms with Crippen molar-refractivity contribution in [2.45, 2.75) is 36.1 Å². The first-order valence-corrected chi connectivity index (χ1v) is 13.6. The molecule has 184 valence electrons.